The highest BCUT2D eigenvalue weighted by Gasteiger charge is 2.38. The molecule has 2 aromatic carbocycles. The maximum absolute atomic E-state index is 15.2. The maximum atomic E-state index is 15.2. The van der Waals surface area contributed by atoms with Gasteiger partial charge in [0.05, 0.1) is 41.3 Å². The third kappa shape index (κ3) is 6.12. The van der Waals surface area contributed by atoms with Gasteiger partial charge in [-0.2, -0.15) is 0 Å². The van der Waals surface area contributed by atoms with Crippen LogP contribution in [-0.2, 0) is 34.2 Å². The third-order valence-electron chi connectivity index (χ3n) is 7.23. The second kappa shape index (κ2) is 12.0. The summed E-state index contributed by atoms with van der Waals surface area (Å²) in [7, 11) is 3.41. The van der Waals surface area contributed by atoms with Gasteiger partial charge >= 0.3 is 5.97 Å². The van der Waals surface area contributed by atoms with Crippen molar-refractivity contribution in [3.63, 3.8) is 0 Å². The molecular formula is C29H28ClFN4O5S. The van der Waals surface area contributed by atoms with Crippen LogP contribution in [0, 0.1) is 5.82 Å². The molecule has 2 amide bonds. The van der Waals surface area contributed by atoms with E-state index < -0.39 is 17.7 Å². The number of carboxylic acid groups (broad SMARTS) is 1. The first-order chi connectivity index (χ1) is 19.6. The number of amides is 2. The van der Waals surface area contributed by atoms with Gasteiger partial charge in [0.25, 0.3) is 5.91 Å². The van der Waals surface area contributed by atoms with Crippen LogP contribution in [-0.4, -0.2) is 57.1 Å². The van der Waals surface area contributed by atoms with E-state index in [1.54, 1.807) is 24.4 Å². The molecule has 1 fully saturated rings. The van der Waals surface area contributed by atoms with Gasteiger partial charge in [-0.15, -0.1) is 11.3 Å². The van der Waals surface area contributed by atoms with E-state index in [-0.39, 0.29) is 47.2 Å². The number of benzene rings is 2. The lowest BCUT2D eigenvalue weighted by molar-refractivity contribution is -0.137. The lowest BCUT2D eigenvalue weighted by Gasteiger charge is -2.23. The van der Waals surface area contributed by atoms with Crippen molar-refractivity contribution in [2.75, 3.05) is 19.0 Å². The molecule has 3 heterocycles. The molecule has 1 aliphatic heterocycles. The van der Waals surface area contributed by atoms with E-state index in [4.69, 9.17) is 21.4 Å². The molecule has 41 heavy (non-hydrogen) atoms. The highest BCUT2D eigenvalue weighted by Crippen LogP contribution is 2.37. The van der Waals surface area contributed by atoms with Crippen molar-refractivity contribution in [1.82, 2.24) is 14.5 Å². The van der Waals surface area contributed by atoms with Crippen LogP contribution in [0.2, 0.25) is 5.02 Å². The molecule has 12 heteroatoms. The minimum Gasteiger partial charge on any atom is -0.481 e. The molecule has 214 valence electrons. The van der Waals surface area contributed by atoms with Gasteiger partial charge in [0, 0.05) is 55.3 Å². The Labute approximate surface area is 244 Å². The van der Waals surface area contributed by atoms with Crippen LogP contribution in [0.15, 0.2) is 48.8 Å². The Morgan fingerprint density at radius 1 is 1.27 bits per heavy atom. The van der Waals surface area contributed by atoms with E-state index in [9.17, 15) is 14.4 Å². The number of likely N-dealkylation sites (tertiary alicyclic amines) is 1. The number of carbonyl (C=O) groups excluding carboxylic acids is 2. The number of nitrogens with one attached hydrogen (secondary N) is 1. The quantitative estimate of drug-likeness (QED) is 0.273. The number of para-hydroxylation sites is 1. The number of anilines is 1. The lowest BCUT2D eigenvalue weighted by Crippen LogP contribution is -2.33. The van der Waals surface area contributed by atoms with Crippen molar-refractivity contribution in [2.24, 2.45) is 7.05 Å². The predicted octanol–water partition coefficient (Wildman–Crippen LogP) is 5.23. The van der Waals surface area contributed by atoms with Gasteiger partial charge in [-0.05, 0) is 30.2 Å². The summed E-state index contributed by atoms with van der Waals surface area (Å²) in [6.07, 6.45) is 3.76. The van der Waals surface area contributed by atoms with Gasteiger partial charge in [-0.25, -0.2) is 9.37 Å². The minimum absolute atomic E-state index is 0.00589. The number of hydrogen-bond acceptors (Lipinski definition) is 6. The summed E-state index contributed by atoms with van der Waals surface area (Å²) < 4.78 is 22.6. The predicted molar refractivity (Wildman–Crippen MR) is 154 cm³/mol. The first-order valence-electron chi connectivity index (χ1n) is 13.0. The van der Waals surface area contributed by atoms with Crippen LogP contribution in [0.3, 0.4) is 0 Å². The molecule has 2 aromatic heterocycles. The average molecular weight is 599 g/mol. The Hall–Kier alpha value is -3.80. The van der Waals surface area contributed by atoms with Crippen molar-refractivity contribution in [2.45, 2.75) is 37.8 Å². The average Bonchev–Trinajstić information content (AvgIpc) is 3.67. The summed E-state index contributed by atoms with van der Waals surface area (Å²) in [6, 6.07) is 9.58. The number of hydrogen-bond donors (Lipinski definition) is 2. The van der Waals surface area contributed by atoms with Gasteiger partial charge in [0.2, 0.25) is 5.91 Å². The van der Waals surface area contributed by atoms with Crippen molar-refractivity contribution in [1.29, 1.82) is 0 Å². The molecule has 2 atom stereocenters. The summed E-state index contributed by atoms with van der Waals surface area (Å²) in [6.45, 7) is 0.318. The third-order valence-corrected chi connectivity index (χ3v) is 8.70. The molecule has 0 bridgehead atoms. The second-order valence-electron chi connectivity index (χ2n) is 9.94. The number of aryl methyl sites for hydroxylation is 2. The van der Waals surface area contributed by atoms with Crippen molar-refractivity contribution in [3.05, 3.63) is 80.6 Å². The van der Waals surface area contributed by atoms with Crippen molar-refractivity contribution < 1.29 is 28.6 Å². The Morgan fingerprint density at radius 3 is 2.80 bits per heavy atom. The Balaban J connectivity index is 1.31. The van der Waals surface area contributed by atoms with Crippen LogP contribution in [0.4, 0.5) is 10.1 Å². The zero-order valence-electron chi connectivity index (χ0n) is 22.4. The van der Waals surface area contributed by atoms with Gasteiger partial charge < -0.3 is 24.6 Å². The Kier molecular flexibility index (Phi) is 8.39. The lowest BCUT2D eigenvalue weighted by atomic mass is 10.1. The number of carboxylic acids is 1. The van der Waals surface area contributed by atoms with E-state index >= 15 is 4.39 Å². The van der Waals surface area contributed by atoms with Gasteiger partial charge in [0.15, 0.2) is 0 Å². The van der Waals surface area contributed by atoms with E-state index in [2.05, 4.69) is 10.3 Å². The minimum atomic E-state index is -0.892. The molecule has 4 aromatic rings. The molecular weight excluding hydrogens is 571 g/mol. The van der Waals surface area contributed by atoms with E-state index in [1.165, 1.54) is 17.4 Å². The number of methoxy groups -OCH3 is 1. The fraction of sp³-hybridized carbons (Fsp3) is 0.310. The van der Waals surface area contributed by atoms with Gasteiger partial charge in [-0.3, -0.25) is 14.4 Å². The van der Waals surface area contributed by atoms with Crippen molar-refractivity contribution in [3.8, 4) is 0 Å². The smallest absolute Gasteiger partial charge is 0.303 e. The Bertz CT molecular complexity index is 1640. The van der Waals surface area contributed by atoms with E-state index in [1.807, 2.05) is 35.9 Å². The number of rotatable bonds is 9. The van der Waals surface area contributed by atoms with Crippen LogP contribution >= 0.6 is 22.9 Å². The zero-order valence-corrected chi connectivity index (χ0v) is 24.0. The number of halogens is 2. The normalized spacial score (nSPS) is 16.8. The summed E-state index contributed by atoms with van der Waals surface area (Å²) in [5, 5.41) is 13.2. The number of aromatic nitrogens is 2. The summed E-state index contributed by atoms with van der Waals surface area (Å²) in [5.41, 5.74) is 1.52. The molecule has 0 radical (unpaired) electrons. The highest BCUT2D eigenvalue weighted by atomic mass is 35.5. The molecule has 0 aliphatic carbocycles. The number of nitrogens with zero attached hydrogens (tertiary/aromatic N) is 3. The van der Waals surface area contributed by atoms with E-state index in [0.717, 1.165) is 21.8 Å². The maximum Gasteiger partial charge on any atom is 0.303 e. The van der Waals surface area contributed by atoms with Crippen molar-refractivity contribution >= 4 is 57.3 Å². The number of thiazole rings is 1. The molecule has 0 saturated carbocycles. The molecule has 9 nitrogen and oxygen atoms in total. The number of ether oxygens (including phenoxy) is 1. The first kappa shape index (κ1) is 28.7. The summed E-state index contributed by atoms with van der Waals surface area (Å²) in [5.74, 6) is -2.31. The van der Waals surface area contributed by atoms with Crippen LogP contribution in [0.25, 0.3) is 10.9 Å². The van der Waals surface area contributed by atoms with E-state index in [0.29, 0.717) is 30.0 Å². The largest absolute Gasteiger partial charge is 0.481 e. The highest BCUT2D eigenvalue weighted by molar-refractivity contribution is 7.11. The Morgan fingerprint density at radius 2 is 2.05 bits per heavy atom. The fourth-order valence-corrected chi connectivity index (χ4v) is 6.37. The van der Waals surface area contributed by atoms with Crippen LogP contribution in [0.1, 0.15) is 44.7 Å². The number of carbonyl (C=O) groups is 3. The monoisotopic (exact) mass is 598 g/mol. The zero-order chi connectivity index (χ0) is 29.3. The standard InChI is InChI=1S/C29H28ClFN4O5S/c1-34-15-20(19-5-3-4-6-24(19)34)28(39)33-23-12-22(31)16(9-21(23)30)10-26(36)35-14-17(40-2)11-25(35)29-32-13-18(41-29)7-8-27(37)38/h3-6,9,12-13,15,17,25H,7-8,10-11,14H2,1-2H3,(H,33,39)(H,37,38)/t17-,25-/m0/s1. The first-order valence-corrected chi connectivity index (χ1v) is 14.2. The molecule has 2 N–H and O–H groups in total. The molecule has 1 aliphatic rings. The molecule has 0 spiro atoms. The summed E-state index contributed by atoms with van der Waals surface area (Å²) >= 11 is 7.81. The molecule has 1 saturated heterocycles. The van der Waals surface area contributed by atoms with Gasteiger partial charge in [-0.1, -0.05) is 29.8 Å². The SMILES string of the molecule is CO[C@H]1C[C@@H](c2ncc(CCC(=O)O)s2)N(C(=O)Cc2cc(Cl)c(NC(=O)c3cn(C)c4ccccc34)cc2F)C1. The molecule has 0 unspecified atom stereocenters. The fourth-order valence-electron chi connectivity index (χ4n) is 5.10. The number of fused-ring (bicyclic) bond motifs is 1. The van der Waals surface area contributed by atoms with Crippen LogP contribution < -0.4 is 5.32 Å². The summed E-state index contributed by atoms with van der Waals surface area (Å²) in [4.78, 5) is 44.2. The topological polar surface area (TPSA) is 114 Å². The molecule has 5 rings (SSSR count). The van der Waals surface area contributed by atoms with Crippen LogP contribution in [0.5, 0.6) is 0 Å². The number of aliphatic carboxylic acids is 1. The second-order valence-corrected chi connectivity index (χ2v) is 11.5. The van der Waals surface area contributed by atoms with Gasteiger partial charge in [0.1, 0.15) is 10.8 Å².